The summed E-state index contributed by atoms with van der Waals surface area (Å²) in [6.45, 7) is 3.96. The molecule has 0 saturated carbocycles. The lowest BCUT2D eigenvalue weighted by molar-refractivity contribution is 0.407. The van der Waals surface area contributed by atoms with E-state index in [1.54, 1.807) is 7.11 Å². The van der Waals surface area contributed by atoms with E-state index < -0.39 is 0 Å². The van der Waals surface area contributed by atoms with E-state index in [1.165, 1.54) is 12.8 Å². The third-order valence-corrected chi connectivity index (χ3v) is 2.66. The molecule has 1 aromatic rings. The van der Waals surface area contributed by atoms with Crippen molar-refractivity contribution >= 4 is 11.6 Å². The Balaban J connectivity index is 2.58. The Hall–Kier alpha value is -0.730. The zero-order valence-electron chi connectivity index (χ0n) is 9.35. The van der Waals surface area contributed by atoms with Crippen molar-refractivity contribution < 1.29 is 4.74 Å². The van der Waals surface area contributed by atoms with Gasteiger partial charge in [-0.1, -0.05) is 31.0 Å². The van der Waals surface area contributed by atoms with E-state index in [1.807, 2.05) is 18.2 Å². The molecular weight excluding hydrogens is 210 g/mol. The van der Waals surface area contributed by atoms with Crippen molar-refractivity contribution in [3.63, 3.8) is 0 Å². The first-order valence-electron chi connectivity index (χ1n) is 5.31. The van der Waals surface area contributed by atoms with Crippen molar-refractivity contribution in [1.82, 2.24) is 5.32 Å². The standard InChI is InChI=1S/C12H18ClNO/c1-3-4-8-14-9-10-11(13)6-5-7-12(10)15-2/h5-7,14H,3-4,8-9H2,1-2H3. The highest BCUT2D eigenvalue weighted by atomic mass is 35.5. The molecule has 0 amide bonds. The van der Waals surface area contributed by atoms with Crippen molar-refractivity contribution in [1.29, 1.82) is 0 Å². The molecule has 0 aliphatic carbocycles. The minimum absolute atomic E-state index is 0.762. The normalized spacial score (nSPS) is 10.3. The van der Waals surface area contributed by atoms with Crippen LogP contribution in [0.1, 0.15) is 25.3 Å². The van der Waals surface area contributed by atoms with Crippen molar-refractivity contribution in [2.24, 2.45) is 0 Å². The van der Waals surface area contributed by atoms with Crippen LogP contribution in [-0.4, -0.2) is 13.7 Å². The summed E-state index contributed by atoms with van der Waals surface area (Å²) in [5.74, 6) is 0.853. The lowest BCUT2D eigenvalue weighted by atomic mass is 10.2. The second-order valence-electron chi connectivity index (χ2n) is 3.45. The fourth-order valence-corrected chi connectivity index (χ4v) is 1.65. The Labute approximate surface area is 96.6 Å². The third kappa shape index (κ3) is 3.73. The summed E-state index contributed by atoms with van der Waals surface area (Å²) in [6, 6.07) is 5.72. The maximum absolute atomic E-state index is 6.10. The number of nitrogens with one attached hydrogen (secondary N) is 1. The molecule has 0 aliphatic heterocycles. The molecule has 3 heteroatoms. The number of hydrogen-bond acceptors (Lipinski definition) is 2. The molecule has 0 radical (unpaired) electrons. The summed E-state index contributed by atoms with van der Waals surface area (Å²) in [5, 5.41) is 4.12. The molecule has 0 aliphatic rings. The Bertz CT molecular complexity index is 302. The van der Waals surface area contributed by atoms with Gasteiger partial charge in [0.15, 0.2) is 0 Å². The van der Waals surface area contributed by atoms with Gasteiger partial charge in [0.2, 0.25) is 0 Å². The van der Waals surface area contributed by atoms with Crippen LogP contribution < -0.4 is 10.1 Å². The molecule has 0 aromatic heterocycles. The van der Waals surface area contributed by atoms with E-state index in [4.69, 9.17) is 16.3 Å². The van der Waals surface area contributed by atoms with Crippen molar-refractivity contribution in [2.45, 2.75) is 26.3 Å². The number of unbranched alkanes of at least 4 members (excludes halogenated alkanes) is 1. The van der Waals surface area contributed by atoms with Crippen LogP contribution in [0.15, 0.2) is 18.2 Å². The van der Waals surface area contributed by atoms with Gasteiger partial charge in [0, 0.05) is 17.1 Å². The van der Waals surface area contributed by atoms with Gasteiger partial charge in [-0.2, -0.15) is 0 Å². The molecule has 0 heterocycles. The molecule has 0 saturated heterocycles. The summed E-state index contributed by atoms with van der Waals surface area (Å²) in [6.07, 6.45) is 2.39. The first kappa shape index (κ1) is 12.3. The molecule has 1 aromatic carbocycles. The highest BCUT2D eigenvalue weighted by molar-refractivity contribution is 6.31. The van der Waals surface area contributed by atoms with Crippen LogP contribution in [-0.2, 0) is 6.54 Å². The van der Waals surface area contributed by atoms with Gasteiger partial charge in [0.1, 0.15) is 5.75 Å². The van der Waals surface area contributed by atoms with E-state index in [9.17, 15) is 0 Å². The summed E-state index contributed by atoms with van der Waals surface area (Å²) in [7, 11) is 1.67. The minimum atomic E-state index is 0.762. The zero-order chi connectivity index (χ0) is 11.1. The van der Waals surface area contributed by atoms with Gasteiger partial charge >= 0.3 is 0 Å². The van der Waals surface area contributed by atoms with Crippen molar-refractivity contribution in [3.05, 3.63) is 28.8 Å². The van der Waals surface area contributed by atoms with Crippen molar-refractivity contribution in [2.75, 3.05) is 13.7 Å². The van der Waals surface area contributed by atoms with Gasteiger partial charge in [-0.3, -0.25) is 0 Å². The first-order valence-corrected chi connectivity index (χ1v) is 5.69. The van der Waals surface area contributed by atoms with Gasteiger partial charge < -0.3 is 10.1 Å². The maximum Gasteiger partial charge on any atom is 0.124 e. The molecule has 1 rings (SSSR count). The van der Waals surface area contributed by atoms with Crippen LogP contribution in [0.3, 0.4) is 0 Å². The Morgan fingerprint density at radius 1 is 1.40 bits per heavy atom. The number of hydrogen-bond donors (Lipinski definition) is 1. The average molecular weight is 228 g/mol. The van der Waals surface area contributed by atoms with Crippen LogP contribution in [0.5, 0.6) is 5.75 Å². The molecular formula is C12H18ClNO. The quantitative estimate of drug-likeness (QED) is 0.754. The van der Waals surface area contributed by atoms with Gasteiger partial charge in [-0.15, -0.1) is 0 Å². The average Bonchev–Trinajstić information content (AvgIpc) is 2.26. The number of methoxy groups -OCH3 is 1. The summed E-state index contributed by atoms with van der Waals surface area (Å²) in [4.78, 5) is 0. The van der Waals surface area contributed by atoms with Crippen LogP contribution in [0.2, 0.25) is 5.02 Å². The van der Waals surface area contributed by atoms with E-state index in [2.05, 4.69) is 12.2 Å². The topological polar surface area (TPSA) is 21.3 Å². The van der Waals surface area contributed by atoms with Gasteiger partial charge in [-0.25, -0.2) is 0 Å². The lowest BCUT2D eigenvalue weighted by Gasteiger charge is -2.10. The minimum Gasteiger partial charge on any atom is -0.496 e. The zero-order valence-corrected chi connectivity index (χ0v) is 10.1. The van der Waals surface area contributed by atoms with Crippen LogP contribution >= 0.6 is 11.6 Å². The van der Waals surface area contributed by atoms with Crippen LogP contribution in [0.25, 0.3) is 0 Å². The molecule has 15 heavy (non-hydrogen) atoms. The largest absolute Gasteiger partial charge is 0.496 e. The van der Waals surface area contributed by atoms with Gasteiger partial charge in [0.05, 0.1) is 7.11 Å². The monoisotopic (exact) mass is 227 g/mol. The second kappa shape index (κ2) is 6.70. The molecule has 0 fully saturated rings. The Kier molecular flexibility index (Phi) is 5.51. The van der Waals surface area contributed by atoms with Crippen LogP contribution in [0, 0.1) is 0 Å². The molecule has 0 bridgehead atoms. The van der Waals surface area contributed by atoms with E-state index in [0.29, 0.717) is 0 Å². The van der Waals surface area contributed by atoms with Crippen molar-refractivity contribution in [3.8, 4) is 5.75 Å². The van der Waals surface area contributed by atoms with E-state index in [0.717, 1.165) is 29.4 Å². The lowest BCUT2D eigenvalue weighted by Crippen LogP contribution is -2.15. The molecule has 1 N–H and O–H groups in total. The molecule has 0 unspecified atom stereocenters. The number of benzene rings is 1. The SMILES string of the molecule is CCCCNCc1c(Cl)cccc1OC. The number of halogens is 1. The summed E-state index contributed by atoms with van der Waals surface area (Å²) >= 11 is 6.10. The van der Waals surface area contributed by atoms with E-state index in [-0.39, 0.29) is 0 Å². The molecule has 84 valence electrons. The third-order valence-electron chi connectivity index (χ3n) is 2.30. The smallest absolute Gasteiger partial charge is 0.124 e. The predicted octanol–water partition coefficient (Wildman–Crippen LogP) is 3.24. The van der Waals surface area contributed by atoms with E-state index >= 15 is 0 Å². The summed E-state index contributed by atoms with van der Waals surface area (Å²) < 4.78 is 5.26. The molecule has 2 nitrogen and oxygen atoms in total. The molecule has 0 spiro atoms. The fourth-order valence-electron chi connectivity index (χ4n) is 1.42. The summed E-state index contributed by atoms with van der Waals surface area (Å²) in [5.41, 5.74) is 1.04. The Morgan fingerprint density at radius 2 is 2.20 bits per heavy atom. The van der Waals surface area contributed by atoms with Crippen LogP contribution in [0.4, 0.5) is 0 Å². The second-order valence-corrected chi connectivity index (χ2v) is 3.86. The number of rotatable bonds is 6. The van der Waals surface area contributed by atoms with Gasteiger partial charge in [-0.05, 0) is 25.1 Å². The predicted molar refractivity (Wildman–Crippen MR) is 64.6 cm³/mol. The highest BCUT2D eigenvalue weighted by Crippen LogP contribution is 2.25. The Morgan fingerprint density at radius 3 is 2.87 bits per heavy atom. The maximum atomic E-state index is 6.10. The highest BCUT2D eigenvalue weighted by Gasteiger charge is 2.06. The molecule has 0 atom stereocenters. The first-order chi connectivity index (χ1) is 7.29. The van der Waals surface area contributed by atoms with Gasteiger partial charge in [0.25, 0.3) is 0 Å². The fraction of sp³-hybridized carbons (Fsp3) is 0.500. The number of ether oxygens (including phenoxy) is 1.